The van der Waals surface area contributed by atoms with Crippen molar-refractivity contribution >= 4 is 29.0 Å². The van der Waals surface area contributed by atoms with Crippen LogP contribution in [0.3, 0.4) is 0 Å². The van der Waals surface area contributed by atoms with Gasteiger partial charge in [-0.1, -0.05) is 18.2 Å². The standard InChI is InChI=1S/C23H19N3O3/c1-15(27)16-6-8-20(9-7-16)25-22(28)18-12-19(14-24-13-18)23(29)26-11-10-17-4-2-3-5-21(17)26/h2-9,12-14H,10-11H2,1H3,(H,25,28). The Bertz CT molecular complexity index is 1110. The lowest BCUT2D eigenvalue weighted by molar-refractivity contribution is 0.0986. The highest BCUT2D eigenvalue weighted by Crippen LogP contribution is 2.28. The Hall–Kier alpha value is -3.80. The van der Waals surface area contributed by atoms with Crippen LogP contribution in [0.4, 0.5) is 11.4 Å². The maximum atomic E-state index is 13.0. The molecule has 0 fully saturated rings. The van der Waals surface area contributed by atoms with Gasteiger partial charge in [0.15, 0.2) is 5.78 Å². The number of aromatic nitrogens is 1. The average Bonchev–Trinajstić information content (AvgIpc) is 3.18. The topological polar surface area (TPSA) is 79.4 Å². The highest BCUT2D eigenvalue weighted by Gasteiger charge is 2.25. The van der Waals surface area contributed by atoms with E-state index in [0.29, 0.717) is 28.9 Å². The molecule has 6 nitrogen and oxygen atoms in total. The first-order chi connectivity index (χ1) is 14.0. The SMILES string of the molecule is CC(=O)c1ccc(NC(=O)c2cncc(C(=O)N3CCc4ccccc43)c2)cc1. The number of carbonyl (C=O) groups excluding carboxylic acids is 3. The summed E-state index contributed by atoms with van der Waals surface area (Å²) in [6.07, 6.45) is 3.71. The number of hydrogen-bond acceptors (Lipinski definition) is 4. The van der Waals surface area contributed by atoms with E-state index in [1.807, 2.05) is 24.3 Å². The fraction of sp³-hybridized carbons (Fsp3) is 0.130. The van der Waals surface area contributed by atoms with Gasteiger partial charge in [-0.15, -0.1) is 0 Å². The summed E-state index contributed by atoms with van der Waals surface area (Å²) in [6, 6.07) is 16.0. The number of benzene rings is 2. The third-order valence-electron chi connectivity index (χ3n) is 4.93. The van der Waals surface area contributed by atoms with E-state index in [9.17, 15) is 14.4 Å². The van der Waals surface area contributed by atoms with E-state index in [-0.39, 0.29) is 17.6 Å². The second kappa shape index (κ2) is 7.67. The molecule has 0 saturated carbocycles. The van der Waals surface area contributed by atoms with E-state index in [4.69, 9.17) is 0 Å². The third kappa shape index (κ3) is 3.78. The minimum atomic E-state index is -0.371. The number of pyridine rings is 1. The molecule has 2 heterocycles. The number of carbonyl (C=O) groups is 3. The first-order valence-corrected chi connectivity index (χ1v) is 9.30. The lowest BCUT2D eigenvalue weighted by atomic mass is 10.1. The average molecular weight is 385 g/mol. The molecule has 0 radical (unpaired) electrons. The molecule has 1 aromatic heterocycles. The van der Waals surface area contributed by atoms with Crippen molar-refractivity contribution in [2.45, 2.75) is 13.3 Å². The van der Waals surface area contributed by atoms with Crippen molar-refractivity contribution in [3.8, 4) is 0 Å². The predicted octanol–water partition coefficient (Wildman–Crippen LogP) is 3.74. The molecule has 0 spiro atoms. The second-order valence-corrected chi connectivity index (χ2v) is 6.89. The van der Waals surface area contributed by atoms with Crippen LogP contribution in [0.5, 0.6) is 0 Å². The Labute approximate surface area is 168 Å². The number of nitrogens with zero attached hydrogens (tertiary/aromatic N) is 2. The number of hydrogen-bond donors (Lipinski definition) is 1. The number of amides is 2. The molecular formula is C23H19N3O3. The molecule has 144 valence electrons. The van der Waals surface area contributed by atoms with Gasteiger partial charge in [-0.2, -0.15) is 0 Å². The molecule has 3 aromatic rings. The summed E-state index contributed by atoms with van der Waals surface area (Å²) in [6.45, 7) is 2.09. The summed E-state index contributed by atoms with van der Waals surface area (Å²) in [7, 11) is 0. The van der Waals surface area contributed by atoms with Crippen molar-refractivity contribution in [1.29, 1.82) is 0 Å². The Morgan fingerprint density at radius 1 is 0.931 bits per heavy atom. The van der Waals surface area contributed by atoms with Gasteiger partial charge >= 0.3 is 0 Å². The van der Waals surface area contributed by atoms with E-state index in [1.165, 1.54) is 19.3 Å². The van der Waals surface area contributed by atoms with Gasteiger partial charge in [-0.05, 0) is 55.3 Å². The van der Waals surface area contributed by atoms with Crippen molar-refractivity contribution < 1.29 is 14.4 Å². The lowest BCUT2D eigenvalue weighted by Gasteiger charge is -2.17. The summed E-state index contributed by atoms with van der Waals surface area (Å²) in [5.74, 6) is -0.589. The van der Waals surface area contributed by atoms with Crippen LogP contribution in [-0.2, 0) is 6.42 Å². The summed E-state index contributed by atoms with van der Waals surface area (Å²) in [4.78, 5) is 42.7. The Morgan fingerprint density at radius 2 is 1.66 bits per heavy atom. The van der Waals surface area contributed by atoms with Crippen LogP contribution in [0.15, 0.2) is 67.0 Å². The highest BCUT2D eigenvalue weighted by molar-refractivity contribution is 6.10. The van der Waals surface area contributed by atoms with Gasteiger partial charge < -0.3 is 10.2 Å². The number of rotatable bonds is 4. The molecule has 1 N–H and O–H groups in total. The number of para-hydroxylation sites is 1. The van der Waals surface area contributed by atoms with Crippen LogP contribution in [0.25, 0.3) is 0 Å². The Balaban J connectivity index is 1.52. The largest absolute Gasteiger partial charge is 0.322 e. The quantitative estimate of drug-likeness (QED) is 0.694. The van der Waals surface area contributed by atoms with Gasteiger partial charge in [0.1, 0.15) is 0 Å². The van der Waals surface area contributed by atoms with E-state index < -0.39 is 0 Å². The fourth-order valence-corrected chi connectivity index (χ4v) is 3.38. The minimum Gasteiger partial charge on any atom is -0.322 e. The number of nitrogens with one attached hydrogen (secondary N) is 1. The summed E-state index contributed by atoms with van der Waals surface area (Å²) >= 11 is 0. The summed E-state index contributed by atoms with van der Waals surface area (Å²) in [5.41, 5.74) is 3.82. The van der Waals surface area contributed by atoms with E-state index in [1.54, 1.807) is 35.2 Å². The second-order valence-electron chi connectivity index (χ2n) is 6.89. The summed E-state index contributed by atoms with van der Waals surface area (Å²) < 4.78 is 0. The third-order valence-corrected chi connectivity index (χ3v) is 4.93. The van der Waals surface area contributed by atoms with E-state index in [2.05, 4.69) is 10.3 Å². The van der Waals surface area contributed by atoms with Crippen LogP contribution in [0.2, 0.25) is 0 Å². The van der Waals surface area contributed by atoms with Crippen LogP contribution in [0.1, 0.15) is 43.6 Å². The molecule has 2 aromatic carbocycles. The van der Waals surface area contributed by atoms with Crippen LogP contribution >= 0.6 is 0 Å². The maximum Gasteiger partial charge on any atom is 0.259 e. The number of anilines is 2. The lowest BCUT2D eigenvalue weighted by Crippen LogP contribution is -2.29. The Morgan fingerprint density at radius 3 is 2.41 bits per heavy atom. The first-order valence-electron chi connectivity index (χ1n) is 9.30. The molecule has 0 bridgehead atoms. The van der Waals surface area contributed by atoms with Gasteiger partial charge in [0.05, 0.1) is 11.1 Å². The number of Topliss-reactive ketones (excluding diaryl/α,β-unsaturated/α-hetero) is 1. The van der Waals surface area contributed by atoms with Crippen molar-refractivity contribution in [3.05, 3.63) is 89.2 Å². The molecular weight excluding hydrogens is 366 g/mol. The number of fused-ring (bicyclic) bond motifs is 1. The van der Waals surface area contributed by atoms with Crippen molar-refractivity contribution in [3.63, 3.8) is 0 Å². The molecule has 6 heteroatoms. The highest BCUT2D eigenvalue weighted by atomic mass is 16.2. The summed E-state index contributed by atoms with van der Waals surface area (Å²) in [5, 5.41) is 2.76. The maximum absolute atomic E-state index is 13.0. The molecule has 29 heavy (non-hydrogen) atoms. The molecule has 0 saturated heterocycles. The minimum absolute atomic E-state index is 0.0400. The first kappa shape index (κ1) is 18.6. The number of ketones is 1. The zero-order valence-corrected chi connectivity index (χ0v) is 15.9. The Kier molecular flexibility index (Phi) is 4.91. The van der Waals surface area contributed by atoms with Crippen LogP contribution in [-0.4, -0.2) is 29.1 Å². The molecule has 1 aliphatic rings. The molecule has 1 aliphatic heterocycles. The van der Waals surface area contributed by atoms with Gasteiger partial charge in [0.2, 0.25) is 0 Å². The smallest absolute Gasteiger partial charge is 0.259 e. The molecule has 2 amide bonds. The van der Waals surface area contributed by atoms with Crippen molar-refractivity contribution in [1.82, 2.24) is 4.98 Å². The molecule has 0 unspecified atom stereocenters. The van der Waals surface area contributed by atoms with E-state index >= 15 is 0 Å². The van der Waals surface area contributed by atoms with Crippen LogP contribution < -0.4 is 10.2 Å². The monoisotopic (exact) mass is 385 g/mol. The molecule has 0 atom stereocenters. The van der Waals surface area contributed by atoms with Gasteiger partial charge in [-0.25, -0.2) is 0 Å². The van der Waals surface area contributed by atoms with Crippen LogP contribution in [0, 0.1) is 0 Å². The molecule has 0 aliphatic carbocycles. The zero-order chi connectivity index (χ0) is 20.4. The fourth-order valence-electron chi connectivity index (χ4n) is 3.38. The van der Waals surface area contributed by atoms with Crippen molar-refractivity contribution in [2.24, 2.45) is 0 Å². The van der Waals surface area contributed by atoms with Gasteiger partial charge in [-0.3, -0.25) is 19.4 Å². The predicted molar refractivity (Wildman–Crippen MR) is 110 cm³/mol. The van der Waals surface area contributed by atoms with Gasteiger partial charge in [0.25, 0.3) is 11.8 Å². The zero-order valence-electron chi connectivity index (χ0n) is 15.9. The molecule has 4 rings (SSSR count). The van der Waals surface area contributed by atoms with Gasteiger partial charge in [0, 0.05) is 35.9 Å². The normalized spacial score (nSPS) is 12.4. The van der Waals surface area contributed by atoms with E-state index in [0.717, 1.165) is 17.7 Å². The van der Waals surface area contributed by atoms with Crippen molar-refractivity contribution in [2.75, 3.05) is 16.8 Å².